The van der Waals surface area contributed by atoms with E-state index in [0.717, 1.165) is 22.0 Å². The molecule has 9 heteroatoms. The first-order chi connectivity index (χ1) is 14.3. The number of rotatable bonds is 6. The highest BCUT2D eigenvalue weighted by atomic mass is 32.1. The predicted octanol–water partition coefficient (Wildman–Crippen LogP) is 3.83. The quantitative estimate of drug-likeness (QED) is 0.463. The summed E-state index contributed by atoms with van der Waals surface area (Å²) >= 11 is 1.43. The lowest BCUT2D eigenvalue weighted by Gasteiger charge is -2.08. The second-order valence-corrected chi connectivity index (χ2v) is 7.23. The Bertz CT molecular complexity index is 1260. The monoisotopic (exact) mass is 404 g/mol. The molecule has 0 aliphatic carbocycles. The molecular weight excluding hydrogens is 388 g/mol. The van der Waals surface area contributed by atoms with Gasteiger partial charge in [0.15, 0.2) is 16.5 Å². The average molecular weight is 404 g/mol. The second-order valence-electron chi connectivity index (χ2n) is 6.19. The molecule has 0 saturated carbocycles. The molecule has 1 N–H and O–H groups in total. The van der Waals surface area contributed by atoms with Gasteiger partial charge in [-0.2, -0.15) is 14.7 Å². The van der Waals surface area contributed by atoms with Gasteiger partial charge in [0.05, 0.1) is 12.8 Å². The molecule has 2 aromatic carbocycles. The van der Waals surface area contributed by atoms with Gasteiger partial charge in [-0.05, 0) is 18.2 Å². The summed E-state index contributed by atoms with van der Waals surface area (Å²) in [5, 5.41) is 21.3. The summed E-state index contributed by atoms with van der Waals surface area (Å²) in [5.41, 5.74) is 2.62. The predicted molar refractivity (Wildman–Crippen MR) is 109 cm³/mol. The highest BCUT2D eigenvalue weighted by molar-refractivity contribution is 7.16. The number of nitrogens with one attached hydrogen (secondary N) is 1. The van der Waals surface area contributed by atoms with Crippen LogP contribution in [-0.4, -0.2) is 37.1 Å². The van der Waals surface area contributed by atoms with Gasteiger partial charge in [0, 0.05) is 5.56 Å². The van der Waals surface area contributed by atoms with Crippen LogP contribution in [0.1, 0.15) is 5.01 Å². The number of nitrogens with zero attached hydrogens (tertiary/aromatic N) is 5. The molecule has 144 valence electrons. The van der Waals surface area contributed by atoms with Crippen LogP contribution in [0.5, 0.6) is 11.5 Å². The summed E-state index contributed by atoms with van der Waals surface area (Å²) in [4.78, 5) is 0.689. The molecule has 0 aliphatic rings. The minimum absolute atomic E-state index is 0.312. The van der Waals surface area contributed by atoms with Crippen molar-refractivity contribution in [1.82, 2.24) is 30.0 Å². The molecule has 0 radical (unpaired) electrons. The molecule has 0 aliphatic heterocycles. The van der Waals surface area contributed by atoms with Gasteiger partial charge in [-0.25, -0.2) is 0 Å². The zero-order valence-electron chi connectivity index (χ0n) is 15.4. The zero-order chi connectivity index (χ0) is 19.6. The van der Waals surface area contributed by atoms with E-state index in [1.54, 1.807) is 11.6 Å². The van der Waals surface area contributed by atoms with E-state index in [4.69, 9.17) is 9.47 Å². The number of aromatic nitrogens is 6. The minimum Gasteiger partial charge on any atom is -0.493 e. The first-order valence-electron chi connectivity index (χ1n) is 8.90. The lowest BCUT2D eigenvalue weighted by Crippen LogP contribution is -1.99. The van der Waals surface area contributed by atoms with E-state index in [0.29, 0.717) is 28.9 Å². The summed E-state index contributed by atoms with van der Waals surface area (Å²) in [6.07, 6.45) is 0. The largest absolute Gasteiger partial charge is 0.493 e. The van der Waals surface area contributed by atoms with Crippen LogP contribution in [0.2, 0.25) is 0 Å². The average Bonchev–Trinajstić information content (AvgIpc) is 3.49. The molecule has 0 saturated heterocycles. The Labute approximate surface area is 169 Å². The number of methoxy groups -OCH3 is 1. The van der Waals surface area contributed by atoms with Crippen molar-refractivity contribution in [2.45, 2.75) is 6.61 Å². The molecule has 0 spiro atoms. The molecule has 3 aromatic heterocycles. The highest BCUT2D eigenvalue weighted by Gasteiger charge is 2.16. The Kier molecular flexibility index (Phi) is 4.41. The third kappa shape index (κ3) is 3.32. The fourth-order valence-corrected chi connectivity index (χ4v) is 3.70. The topological polar surface area (TPSA) is 90.2 Å². The maximum absolute atomic E-state index is 5.86. The number of para-hydroxylation sites is 2. The maximum Gasteiger partial charge on any atom is 0.235 e. The smallest absolute Gasteiger partial charge is 0.235 e. The van der Waals surface area contributed by atoms with Crippen molar-refractivity contribution in [2.75, 3.05) is 7.11 Å². The number of hydrogen-bond donors (Lipinski definition) is 1. The summed E-state index contributed by atoms with van der Waals surface area (Å²) in [6.45, 7) is 0.312. The van der Waals surface area contributed by atoms with Gasteiger partial charge in [0.25, 0.3) is 0 Å². The molecular formula is C20H16N6O2S. The summed E-state index contributed by atoms with van der Waals surface area (Å²) < 4.78 is 12.9. The van der Waals surface area contributed by atoms with Crippen molar-refractivity contribution in [3.05, 3.63) is 65.7 Å². The minimum atomic E-state index is 0.312. The molecule has 5 aromatic rings. The van der Waals surface area contributed by atoms with Crippen LogP contribution in [0.4, 0.5) is 0 Å². The summed E-state index contributed by atoms with van der Waals surface area (Å²) in [6, 6.07) is 19.4. The molecule has 0 unspecified atom stereocenters. The number of benzene rings is 2. The van der Waals surface area contributed by atoms with Crippen LogP contribution in [0.25, 0.3) is 27.7 Å². The molecule has 0 bridgehead atoms. The van der Waals surface area contributed by atoms with Crippen molar-refractivity contribution in [1.29, 1.82) is 0 Å². The fraction of sp³-hybridized carbons (Fsp3) is 0.100. The Morgan fingerprint density at radius 3 is 2.62 bits per heavy atom. The van der Waals surface area contributed by atoms with Crippen molar-refractivity contribution >= 4 is 16.3 Å². The van der Waals surface area contributed by atoms with Crippen LogP contribution in [0.3, 0.4) is 0 Å². The van der Waals surface area contributed by atoms with Crippen LogP contribution in [0, 0.1) is 0 Å². The maximum atomic E-state index is 5.86. The van der Waals surface area contributed by atoms with E-state index in [1.807, 2.05) is 60.7 Å². The number of ether oxygens (including phenoxy) is 2. The van der Waals surface area contributed by atoms with Crippen LogP contribution < -0.4 is 9.47 Å². The Balaban J connectivity index is 1.40. The first-order valence-corrected chi connectivity index (χ1v) is 9.71. The Morgan fingerprint density at radius 1 is 1.00 bits per heavy atom. The van der Waals surface area contributed by atoms with E-state index in [1.165, 1.54) is 11.3 Å². The van der Waals surface area contributed by atoms with Crippen molar-refractivity contribution in [3.63, 3.8) is 0 Å². The second kappa shape index (κ2) is 7.36. The Hall–Kier alpha value is -3.72. The third-order valence-electron chi connectivity index (χ3n) is 4.34. The van der Waals surface area contributed by atoms with Crippen LogP contribution >= 0.6 is 11.3 Å². The highest BCUT2D eigenvalue weighted by Crippen LogP contribution is 2.28. The number of fused-ring (bicyclic) bond motifs is 1. The molecule has 8 nitrogen and oxygen atoms in total. The first kappa shape index (κ1) is 17.4. The van der Waals surface area contributed by atoms with Crippen molar-refractivity contribution in [3.8, 4) is 34.3 Å². The van der Waals surface area contributed by atoms with Gasteiger partial charge in [-0.3, -0.25) is 5.10 Å². The lowest BCUT2D eigenvalue weighted by atomic mass is 10.1. The van der Waals surface area contributed by atoms with Crippen LogP contribution in [-0.2, 0) is 6.61 Å². The van der Waals surface area contributed by atoms with Crippen molar-refractivity contribution < 1.29 is 9.47 Å². The van der Waals surface area contributed by atoms with E-state index in [2.05, 4.69) is 25.5 Å². The fourth-order valence-electron chi connectivity index (χ4n) is 2.95. The molecule has 0 amide bonds. The lowest BCUT2D eigenvalue weighted by molar-refractivity contribution is 0.283. The van der Waals surface area contributed by atoms with E-state index in [-0.39, 0.29) is 0 Å². The van der Waals surface area contributed by atoms with Gasteiger partial charge in [0.1, 0.15) is 12.3 Å². The van der Waals surface area contributed by atoms with E-state index >= 15 is 0 Å². The number of aromatic amines is 1. The summed E-state index contributed by atoms with van der Waals surface area (Å²) in [7, 11) is 1.62. The van der Waals surface area contributed by atoms with Gasteiger partial charge in [-0.15, -0.1) is 10.2 Å². The molecule has 0 atom stereocenters. The SMILES string of the molecule is COc1ccccc1OCc1nn2c(-c3cc(-c4ccccc4)n[nH]3)nnc2s1. The summed E-state index contributed by atoms with van der Waals surface area (Å²) in [5.74, 6) is 1.96. The number of H-pyrrole nitrogens is 1. The number of hydrogen-bond acceptors (Lipinski definition) is 7. The third-order valence-corrected chi connectivity index (χ3v) is 5.21. The van der Waals surface area contributed by atoms with Gasteiger partial charge in [-0.1, -0.05) is 53.8 Å². The van der Waals surface area contributed by atoms with E-state index < -0.39 is 0 Å². The normalized spacial score (nSPS) is 11.1. The van der Waals surface area contributed by atoms with Crippen LogP contribution in [0.15, 0.2) is 60.7 Å². The van der Waals surface area contributed by atoms with Crippen molar-refractivity contribution in [2.24, 2.45) is 0 Å². The molecule has 3 heterocycles. The van der Waals surface area contributed by atoms with Gasteiger partial charge >= 0.3 is 0 Å². The molecule has 0 fully saturated rings. The molecule has 29 heavy (non-hydrogen) atoms. The standard InChI is InChI=1S/C20H16N6O2S/c1-27-16-9-5-6-10-17(16)28-12-18-25-26-19(23-24-20(26)29-18)15-11-14(21-22-15)13-7-3-2-4-8-13/h2-11H,12H2,1H3,(H,21,22). The molecule has 5 rings (SSSR count). The van der Waals surface area contributed by atoms with Gasteiger partial charge < -0.3 is 9.47 Å². The van der Waals surface area contributed by atoms with Gasteiger partial charge in [0.2, 0.25) is 10.8 Å². The zero-order valence-corrected chi connectivity index (χ0v) is 16.3. The Morgan fingerprint density at radius 2 is 1.79 bits per heavy atom. The van der Waals surface area contributed by atoms with E-state index in [9.17, 15) is 0 Å².